The number of carbonyl (C=O) groups excluding carboxylic acids is 1. The smallest absolute Gasteiger partial charge is 0.408 e. The van der Waals surface area contributed by atoms with Crippen LogP contribution in [0.25, 0.3) is 0 Å². The largest absolute Gasteiger partial charge is 0.444 e. The predicted octanol–water partition coefficient (Wildman–Crippen LogP) is 2.98. The van der Waals surface area contributed by atoms with Crippen molar-refractivity contribution in [2.75, 3.05) is 11.9 Å². The highest BCUT2D eigenvalue weighted by atomic mass is 16.6. The number of non-ortho nitro benzene ring substituents is 1. The number of nitro benzene ring substituents is 1. The number of nitrogens with zero attached hydrogens (tertiary/aromatic N) is 1. The zero-order valence-corrected chi connectivity index (χ0v) is 12.3. The second-order valence-corrected chi connectivity index (χ2v) is 5.94. The van der Waals surface area contributed by atoms with E-state index in [-0.39, 0.29) is 11.7 Å². The van der Waals surface area contributed by atoms with Gasteiger partial charge in [0.2, 0.25) is 0 Å². The van der Waals surface area contributed by atoms with E-state index in [2.05, 4.69) is 10.6 Å². The van der Waals surface area contributed by atoms with Crippen LogP contribution in [0.4, 0.5) is 16.2 Å². The summed E-state index contributed by atoms with van der Waals surface area (Å²) in [7, 11) is 0. The summed E-state index contributed by atoms with van der Waals surface area (Å²) in [6.07, 6.45) is 0.211. The fourth-order valence-corrected chi connectivity index (χ4v) is 2.22. The number of anilines is 1. The van der Waals surface area contributed by atoms with Gasteiger partial charge in [-0.2, -0.15) is 0 Å². The van der Waals surface area contributed by atoms with E-state index in [0.717, 1.165) is 5.56 Å². The minimum absolute atomic E-state index is 0.0270. The Hall–Kier alpha value is -2.31. The number of fused-ring (bicyclic) bond motifs is 1. The number of carbonyl (C=O) groups is 1. The topological polar surface area (TPSA) is 93.5 Å². The summed E-state index contributed by atoms with van der Waals surface area (Å²) in [6, 6.07) is 4.38. The summed E-state index contributed by atoms with van der Waals surface area (Å²) >= 11 is 0. The number of benzene rings is 1. The van der Waals surface area contributed by atoms with E-state index in [9.17, 15) is 14.9 Å². The zero-order chi connectivity index (χ0) is 15.6. The normalized spacial score (nSPS) is 17.4. The Morgan fingerprint density at radius 2 is 2.19 bits per heavy atom. The van der Waals surface area contributed by atoms with Gasteiger partial charge in [0.05, 0.1) is 11.0 Å². The first-order valence-corrected chi connectivity index (χ1v) is 6.78. The third kappa shape index (κ3) is 3.84. The van der Waals surface area contributed by atoms with Gasteiger partial charge < -0.3 is 15.4 Å². The highest BCUT2D eigenvalue weighted by Crippen LogP contribution is 2.32. The van der Waals surface area contributed by atoms with Gasteiger partial charge in [0, 0.05) is 24.4 Å². The summed E-state index contributed by atoms with van der Waals surface area (Å²) in [5, 5.41) is 16.7. The number of nitrogens with one attached hydrogen (secondary N) is 2. The summed E-state index contributed by atoms with van der Waals surface area (Å²) in [5.41, 5.74) is 0.975. The van der Waals surface area contributed by atoms with E-state index in [4.69, 9.17) is 4.74 Å². The third-order valence-electron chi connectivity index (χ3n) is 3.06. The molecule has 1 atom stereocenters. The number of alkyl carbamates (subject to hydrolysis) is 1. The summed E-state index contributed by atoms with van der Waals surface area (Å²) < 4.78 is 5.24. The van der Waals surface area contributed by atoms with Crippen molar-refractivity contribution < 1.29 is 14.5 Å². The first-order valence-electron chi connectivity index (χ1n) is 6.78. The molecule has 0 fully saturated rings. The molecule has 2 N–H and O–H groups in total. The molecule has 114 valence electrons. The maximum atomic E-state index is 11.8. The third-order valence-corrected chi connectivity index (χ3v) is 3.06. The van der Waals surface area contributed by atoms with Crippen molar-refractivity contribution in [3.63, 3.8) is 0 Å². The number of hydrogen-bond acceptors (Lipinski definition) is 5. The highest BCUT2D eigenvalue weighted by Gasteiger charge is 2.25. The van der Waals surface area contributed by atoms with Crippen LogP contribution in [0.3, 0.4) is 0 Å². The van der Waals surface area contributed by atoms with Gasteiger partial charge in [-0.05, 0) is 38.8 Å². The molecule has 0 saturated heterocycles. The number of ether oxygens (including phenoxy) is 1. The lowest BCUT2D eigenvalue weighted by Crippen LogP contribution is -2.37. The number of hydrogen-bond donors (Lipinski definition) is 2. The molecule has 1 heterocycles. The summed E-state index contributed by atoms with van der Waals surface area (Å²) in [4.78, 5) is 22.2. The van der Waals surface area contributed by atoms with E-state index in [0.29, 0.717) is 18.7 Å². The zero-order valence-electron chi connectivity index (χ0n) is 12.3. The van der Waals surface area contributed by atoms with Crippen molar-refractivity contribution in [3.05, 3.63) is 33.9 Å². The molecule has 0 aliphatic carbocycles. The first-order chi connectivity index (χ1) is 9.76. The molecule has 1 aliphatic rings. The van der Waals surface area contributed by atoms with Gasteiger partial charge >= 0.3 is 6.09 Å². The first kappa shape index (κ1) is 15.1. The Kier molecular flexibility index (Phi) is 4.02. The van der Waals surface area contributed by atoms with Gasteiger partial charge in [0.25, 0.3) is 5.69 Å². The molecule has 0 aromatic heterocycles. The molecule has 7 nitrogen and oxygen atoms in total. The monoisotopic (exact) mass is 293 g/mol. The van der Waals surface area contributed by atoms with Crippen molar-refractivity contribution >= 4 is 17.5 Å². The SMILES string of the molecule is CC(C)(C)OC(=O)N[C@@H]1CCNc2cc([N+](=O)[O-])ccc21. The Balaban J connectivity index is 2.15. The molecular weight excluding hydrogens is 274 g/mol. The van der Waals surface area contributed by atoms with Crippen LogP contribution in [-0.2, 0) is 4.74 Å². The molecule has 1 aliphatic heterocycles. The van der Waals surface area contributed by atoms with Crippen molar-refractivity contribution in [2.24, 2.45) is 0 Å². The van der Waals surface area contributed by atoms with Crippen LogP contribution < -0.4 is 10.6 Å². The fraction of sp³-hybridized carbons (Fsp3) is 0.500. The van der Waals surface area contributed by atoms with Crippen LogP contribution >= 0.6 is 0 Å². The maximum Gasteiger partial charge on any atom is 0.408 e. The lowest BCUT2D eigenvalue weighted by molar-refractivity contribution is -0.384. The van der Waals surface area contributed by atoms with Gasteiger partial charge in [-0.3, -0.25) is 10.1 Å². The quantitative estimate of drug-likeness (QED) is 0.646. The van der Waals surface area contributed by atoms with Gasteiger partial charge in [-0.1, -0.05) is 0 Å². The van der Waals surface area contributed by atoms with E-state index in [1.165, 1.54) is 12.1 Å². The van der Waals surface area contributed by atoms with Crippen LogP contribution in [-0.4, -0.2) is 23.2 Å². The van der Waals surface area contributed by atoms with E-state index in [1.807, 2.05) is 0 Å². The molecule has 0 unspecified atom stereocenters. The van der Waals surface area contributed by atoms with Gasteiger partial charge in [-0.15, -0.1) is 0 Å². The Bertz CT molecular complexity index is 566. The maximum absolute atomic E-state index is 11.8. The lowest BCUT2D eigenvalue weighted by Gasteiger charge is -2.28. The Morgan fingerprint density at radius 3 is 2.81 bits per heavy atom. The van der Waals surface area contributed by atoms with Gasteiger partial charge in [0.15, 0.2) is 0 Å². The van der Waals surface area contributed by atoms with Crippen LogP contribution in [0.2, 0.25) is 0 Å². The molecule has 0 spiro atoms. The molecular formula is C14H19N3O4. The van der Waals surface area contributed by atoms with E-state index in [1.54, 1.807) is 26.8 Å². The van der Waals surface area contributed by atoms with Crippen LogP contribution in [0, 0.1) is 10.1 Å². The molecule has 7 heteroatoms. The summed E-state index contributed by atoms with van der Waals surface area (Å²) in [5.74, 6) is 0. The molecule has 1 amide bonds. The molecule has 21 heavy (non-hydrogen) atoms. The number of rotatable bonds is 2. The van der Waals surface area contributed by atoms with Crippen molar-refractivity contribution in [1.82, 2.24) is 5.32 Å². The standard InChI is InChI=1S/C14H19N3O4/c1-14(2,3)21-13(18)16-11-6-7-15-12-8-9(17(19)20)4-5-10(11)12/h4-5,8,11,15H,6-7H2,1-3H3,(H,16,18)/t11-/m1/s1. The molecule has 0 radical (unpaired) electrons. The summed E-state index contributed by atoms with van der Waals surface area (Å²) in [6.45, 7) is 6.03. The minimum Gasteiger partial charge on any atom is -0.444 e. The molecule has 1 aromatic carbocycles. The minimum atomic E-state index is -0.560. The van der Waals surface area contributed by atoms with E-state index >= 15 is 0 Å². The molecule has 0 bridgehead atoms. The Morgan fingerprint density at radius 1 is 1.48 bits per heavy atom. The van der Waals surface area contributed by atoms with Crippen LogP contribution in [0.1, 0.15) is 38.8 Å². The fourth-order valence-electron chi connectivity index (χ4n) is 2.22. The van der Waals surface area contributed by atoms with Gasteiger partial charge in [-0.25, -0.2) is 4.79 Å². The lowest BCUT2D eigenvalue weighted by atomic mass is 9.97. The number of amides is 1. The van der Waals surface area contributed by atoms with Crippen molar-refractivity contribution in [3.8, 4) is 0 Å². The second-order valence-electron chi connectivity index (χ2n) is 5.94. The van der Waals surface area contributed by atoms with Crippen molar-refractivity contribution in [2.45, 2.75) is 38.8 Å². The number of nitro groups is 1. The second kappa shape index (κ2) is 5.59. The van der Waals surface area contributed by atoms with Crippen LogP contribution in [0.15, 0.2) is 18.2 Å². The molecule has 1 aromatic rings. The van der Waals surface area contributed by atoms with E-state index < -0.39 is 16.6 Å². The predicted molar refractivity (Wildman–Crippen MR) is 78.3 cm³/mol. The van der Waals surface area contributed by atoms with Crippen molar-refractivity contribution in [1.29, 1.82) is 0 Å². The Labute approximate surface area is 122 Å². The molecule has 2 rings (SSSR count). The average molecular weight is 293 g/mol. The van der Waals surface area contributed by atoms with Crippen LogP contribution in [0.5, 0.6) is 0 Å². The van der Waals surface area contributed by atoms with Gasteiger partial charge in [0.1, 0.15) is 5.60 Å². The molecule has 0 saturated carbocycles. The highest BCUT2D eigenvalue weighted by molar-refractivity contribution is 5.70. The average Bonchev–Trinajstić information content (AvgIpc) is 2.36.